The molecular weight excluding hydrogens is 230 g/mol. The molecule has 2 aromatic rings. The summed E-state index contributed by atoms with van der Waals surface area (Å²) in [5.74, 6) is 1.74. The van der Waals surface area contributed by atoms with E-state index in [4.69, 9.17) is 9.47 Å². The number of hydrogen-bond donors (Lipinski definition) is 1. The van der Waals surface area contributed by atoms with Crippen LogP contribution in [0.1, 0.15) is 5.56 Å². The molecule has 1 aromatic carbocycles. The summed E-state index contributed by atoms with van der Waals surface area (Å²) < 4.78 is 10.8. The van der Waals surface area contributed by atoms with Gasteiger partial charge in [-0.1, -0.05) is 0 Å². The van der Waals surface area contributed by atoms with Crippen molar-refractivity contribution >= 4 is 5.69 Å². The SMILES string of the molecule is CNc1ccc(Oc2ncnc(OC)c2C)cc1. The van der Waals surface area contributed by atoms with E-state index in [0.717, 1.165) is 17.0 Å². The van der Waals surface area contributed by atoms with Gasteiger partial charge in [-0.05, 0) is 31.2 Å². The minimum atomic E-state index is 0.499. The molecule has 0 fully saturated rings. The van der Waals surface area contributed by atoms with Gasteiger partial charge in [0.25, 0.3) is 0 Å². The molecule has 2 rings (SSSR count). The van der Waals surface area contributed by atoms with Crippen LogP contribution in [0.4, 0.5) is 5.69 Å². The van der Waals surface area contributed by atoms with Crippen LogP contribution in [-0.2, 0) is 0 Å². The number of nitrogens with one attached hydrogen (secondary N) is 1. The monoisotopic (exact) mass is 245 g/mol. The lowest BCUT2D eigenvalue weighted by atomic mass is 10.3. The molecule has 1 aromatic heterocycles. The third-order valence-electron chi connectivity index (χ3n) is 2.54. The van der Waals surface area contributed by atoms with Gasteiger partial charge in [0.15, 0.2) is 0 Å². The molecule has 0 radical (unpaired) electrons. The zero-order chi connectivity index (χ0) is 13.0. The Morgan fingerprint density at radius 2 is 1.72 bits per heavy atom. The predicted octanol–water partition coefficient (Wildman–Crippen LogP) is 2.63. The number of rotatable bonds is 4. The molecule has 1 heterocycles. The third-order valence-corrected chi connectivity index (χ3v) is 2.54. The van der Waals surface area contributed by atoms with Gasteiger partial charge in [0.2, 0.25) is 11.8 Å². The van der Waals surface area contributed by atoms with Crippen molar-refractivity contribution in [2.24, 2.45) is 0 Å². The first kappa shape index (κ1) is 12.2. The van der Waals surface area contributed by atoms with Crippen LogP contribution in [0.3, 0.4) is 0 Å². The smallest absolute Gasteiger partial charge is 0.229 e. The Kier molecular flexibility index (Phi) is 3.62. The van der Waals surface area contributed by atoms with Gasteiger partial charge in [-0.15, -0.1) is 0 Å². The molecule has 0 aliphatic heterocycles. The maximum absolute atomic E-state index is 5.69. The van der Waals surface area contributed by atoms with Crippen molar-refractivity contribution in [2.75, 3.05) is 19.5 Å². The van der Waals surface area contributed by atoms with Crippen molar-refractivity contribution in [1.29, 1.82) is 0 Å². The standard InChI is InChI=1S/C13H15N3O2/c1-9-12(17-3)15-8-16-13(9)18-11-6-4-10(14-2)5-7-11/h4-8,14H,1-3H3. The van der Waals surface area contributed by atoms with Crippen LogP contribution >= 0.6 is 0 Å². The minimum Gasteiger partial charge on any atom is -0.481 e. The summed E-state index contributed by atoms with van der Waals surface area (Å²) in [6, 6.07) is 7.62. The number of nitrogens with zero attached hydrogens (tertiary/aromatic N) is 2. The normalized spacial score (nSPS) is 9.94. The quantitative estimate of drug-likeness (QED) is 0.897. The predicted molar refractivity (Wildman–Crippen MR) is 69.4 cm³/mol. The lowest BCUT2D eigenvalue weighted by Gasteiger charge is -2.09. The average Bonchev–Trinajstić information content (AvgIpc) is 2.42. The number of methoxy groups -OCH3 is 1. The van der Waals surface area contributed by atoms with Gasteiger partial charge in [-0.3, -0.25) is 0 Å². The Bertz CT molecular complexity index is 526. The van der Waals surface area contributed by atoms with Gasteiger partial charge in [0.1, 0.15) is 12.1 Å². The molecule has 0 unspecified atom stereocenters. The molecule has 0 saturated carbocycles. The first-order valence-electron chi connectivity index (χ1n) is 5.56. The Morgan fingerprint density at radius 1 is 1.06 bits per heavy atom. The van der Waals surface area contributed by atoms with Crippen LogP contribution in [0.25, 0.3) is 0 Å². The van der Waals surface area contributed by atoms with E-state index in [1.165, 1.54) is 6.33 Å². The summed E-state index contributed by atoms with van der Waals surface area (Å²) in [4.78, 5) is 8.10. The first-order valence-corrected chi connectivity index (χ1v) is 5.56. The fourth-order valence-corrected chi connectivity index (χ4v) is 1.53. The molecular formula is C13H15N3O2. The highest BCUT2D eigenvalue weighted by molar-refractivity contribution is 5.46. The van der Waals surface area contributed by atoms with Crippen LogP contribution in [0.5, 0.6) is 17.5 Å². The fourth-order valence-electron chi connectivity index (χ4n) is 1.53. The Morgan fingerprint density at radius 3 is 2.33 bits per heavy atom. The zero-order valence-electron chi connectivity index (χ0n) is 10.6. The van der Waals surface area contributed by atoms with Gasteiger partial charge < -0.3 is 14.8 Å². The van der Waals surface area contributed by atoms with E-state index in [1.54, 1.807) is 7.11 Å². The largest absolute Gasteiger partial charge is 0.481 e. The van der Waals surface area contributed by atoms with Crippen LogP contribution in [0.15, 0.2) is 30.6 Å². The lowest BCUT2D eigenvalue weighted by Crippen LogP contribution is -1.97. The highest BCUT2D eigenvalue weighted by Crippen LogP contribution is 2.27. The van der Waals surface area contributed by atoms with Crippen molar-refractivity contribution in [3.05, 3.63) is 36.2 Å². The first-order chi connectivity index (χ1) is 8.74. The summed E-state index contributed by atoms with van der Waals surface area (Å²) in [5, 5.41) is 3.05. The van der Waals surface area contributed by atoms with Gasteiger partial charge in [-0.25, -0.2) is 9.97 Å². The van der Waals surface area contributed by atoms with E-state index in [2.05, 4.69) is 15.3 Å². The number of aromatic nitrogens is 2. The van der Waals surface area contributed by atoms with Crippen molar-refractivity contribution in [3.63, 3.8) is 0 Å². The maximum Gasteiger partial charge on any atom is 0.229 e. The van der Waals surface area contributed by atoms with E-state index in [9.17, 15) is 0 Å². The molecule has 0 spiro atoms. The summed E-state index contributed by atoms with van der Waals surface area (Å²) in [5.41, 5.74) is 1.80. The average molecular weight is 245 g/mol. The molecule has 0 aliphatic rings. The second-order valence-electron chi connectivity index (χ2n) is 3.69. The topological polar surface area (TPSA) is 56.3 Å². The Labute approximate surface area is 106 Å². The van der Waals surface area contributed by atoms with Crippen molar-refractivity contribution in [1.82, 2.24) is 9.97 Å². The van der Waals surface area contributed by atoms with E-state index < -0.39 is 0 Å². The summed E-state index contributed by atoms with van der Waals surface area (Å²) in [7, 11) is 3.44. The highest BCUT2D eigenvalue weighted by Gasteiger charge is 2.09. The number of benzene rings is 1. The molecule has 94 valence electrons. The maximum atomic E-state index is 5.69. The van der Waals surface area contributed by atoms with Crippen LogP contribution in [0.2, 0.25) is 0 Å². The van der Waals surface area contributed by atoms with E-state index >= 15 is 0 Å². The van der Waals surface area contributed by atoms with Crippen LogP contribution < -0.4 is 14.8 Å². The Balaban J connectivity index is 2.22. The summed E-state index contributed by atoms with van der Waals surface area (Å²) >= 11 is 0. The van der Waals surface area contributed by atoms with Gasteiger partial charge >= 0.3 is 0 Å². The molecule has 0 bridgehead atoms. The number of anilines is 1. The molecule has 18 heavy (non-hydrogen) atoms. The molecule has 1 N–H and O–H groups in total. The highest BCUT2D eigenvalue weighted by atomic mass is 16.5. The Hall–Kier alpha value is -2.30. The second kappa shape index (κ2) is 5.35. The van der Waals surface area contributed by atoms with Crippen molar-refractivity contribution in [3.8, 4) is 17.5 Å². The molecule has 5 heteroatoms. The van der Waals surface area contributed by atoms with Gasteiger partial charge in [0, 0.05) is 12.7 Å². The van der Waals surface area contributed by atoms with Crippen molar-refractivity contribution < 1.29 is 9.47 Å². The van der Waals surface area contributed by atoms with E-state index in [-0.39, 0.29) is 0 Å². The second-order valence-corrected chi connectivity index (χ2v) is 3.69. The fraction of sp³-hybridized carbons (Fsp3) is 0.231. The molecule has 0 atom stereocenters. The van der Waals surface area contributed by atoms with Crippen molar-refractivity contribution in [2.45, 2.75) is 6.92 Å². The van der Waals surface area contributed by atoms with Gasteiger partial charge in [-0.2, -0.15) is 0 Å². The molecule has 0 amide bonds. The van der Waals surface area contributed by atoms with Crippen LogP contribution in [0, 0.1) is 6.92 Å². The lowest BCUT2D eigenvalue weighted by molar-refractivity contribution is 0.382. The minimum absolute atomic E-state index is 0.499. The van der Waals surface area contributed by atoms with Gasteiger partial charge in [0.05, 0.1) is 12.7 Å². The number of hydrogen-bond acceptors (Lipinski definition) is 5. The zero-order valence-corrected chi connectivity index (χ0v) is 10.6. The summed E-state index contributed by atoms with van der Waals surface area (Å²) in [6.07, 6.45) is 1.42. The molecule has 0 saturated heterocycles. The van der Waals surface area contributed by atoms with E-state index in [0.29, 0.717) is 11.8 Å². The molecule has 5 nitrogen and oxygen atoms in total. The van der Waals surface area contributed by atoms with E-state index in [1.807, 2.05) is 38.2 Å². The third kappa shape index (κ3) is 2.51. The summed E-state index contributed by atoms with van der Waals surface area (Å²) in [6.45, 7) is 1.86. The number of ether oxygens (including phenoxy) is 2. The van der Waals surface area contributed by atoms with Crippen LogP contribution in [-0.4, -0.2) is 24.1 Å². The molecule has 0 aliphatic carbocycles.